The first-order chi connectivity index (χ1) is 13.0. The molecule has 0 radical (unpaired) electrons. The minimum absolute atomic E-state index is 0.106. The lowest BCUT2D eigenvalue weighted by atomic mass is 10.1. The van der Waals surface area contributed by atoms with Gasteiger partial charge < -0.3 is 9.47 Å². The van der Waals surface area contributed by atoms with Gasteiger partial charge in [-0.15, -0.1) is 0 Å². The quantitative estimate of drug-likeness (QED) is 0.326. The number of carbonyl (C=O) groups is 2. The number of hydrogen-bond donors (Lipinski definition) is 0. The predicted molar refractivity (Wildman–Crippen MR) is 110 cm³/mol. The summed E-state index contributed by atoms with van der Waals surface area (Å²) >= 11 is 6.49. The fraction of sp³-hybridized carbons (Fsp3) is 0.150. The predicted octanol–water partition coefficient (Wildman–Crippen LogP) is 4.14. The van der Waals surface area contributed by atoms with Crippen LogP contribution >= 0.6 is 24.0 Å². The average molecular weight is 399 g/mol. The third kappa shape index (κ3) is 4.20. The van der Waals surface area contributed by atoms with Crippen molar-refractivity contribution in [2.75, 3.05) is 13.7 Å². The summed E-state index contributed by atoms with van der Waals surface area (Å²) in [6.45, 7) is 2.42. The highest BCUT2D eigenvalue weighted by Gasteiger charge is 2.30. The van der Waals surface area contributed by atoms with Crippen molar-refractivity contribution in [2.24, 2.45) is 0 Å². The minimum Gasteiger partial charge on any atom is -0.493 e. The third-order valence-electron chi connectivity index (χ3n) is 3.89. The number of hydrogen-bond acceptors (Lipinski definition) is 6. The van der Waals surface area contributed by atoms with Gasteiger partial charge in [-0.05, 0) is 42.8 Å². The van der Waals surface area contributed by atoms with Gasteiger partial charge in [0.2, 0.25) is 0 Å². The van der Waals surface area contributed by atoms with Crippen molar-refractivity contribution >= 4 is 46.3 Å². The van der Waals surface area contributed by atoms with Gasteiger partial charge in [-0.25, -0.2) is 4.79 Å². The van der Waals surface area contributed by atoms with Crippen LogP contribution in [-0.4, -0.2) is 34.8 Å². The number of esters is 1. The molecule has 27 heavy (non-hydrogen) atoms. The smallest absolute Gasteiger partial charge is 0.343 e. The van der Waals surface area contributed by atoms with Crippen molar-refractivity contribution < 1.29 is 19.1 Å². The molecule has 5 nitrogen and oxygen atoms in total. The Morgan fingerprint density at radius 3 is 2.56 bits per heavy atom. The van der Waals surface area contributed by atoms with Gasteiger partial charge in [0.25, 0.3) is 5.91 Å². The summed E-state index contributed by atoms with van der Waals surface area (Å²) in [7, 11) is 1.50. The van der Waals surface area contributed by atoms with Gasteiger partial charge in [-0.1, -0.05) is 48.2 Å². The molecule has 138 valence electrons. The number of carbonyl (C=O) groups excluding carboxylic acids is 2. The highest BCUT2D eigenvalue weighted by Crippen LogP contribution is 2.34. The molecule has 3 rings (SSSR count). The van der Waals surface area contributed by atoms with Crippen LogP contribution in [0.1, 0.15) is 22.8 Å². The molecule has 2 aromatic rings. The maximum absolute atomic E-state index is 12.3. The van der Waals surface area contributed by atoms with Gasteiger partial charge in [-0.2, -0.15) is 0 Å². The van der Waals surface area contributed by atoms with Gasteiger partial charge >= 0.3 is 5.97 Å². The molecule has 0 unspecified atom stereocenters. The summed E-state index contributed by atoms with van der Waals surface area (Å²) in [5.41, 5.74) is 1.20. The molecule has 0 bridgehead atoms. The monoisotopic (exact) mass is 399 g/mol. The highest BCUT2D eigenvalue weighted by molar-refractivity contribution is 8.26. The molecular formula is C20H17NO4S2. The van der Waals surface area contributed by atoms with Gasteiger partial charge in [0.15, 0.2) is 11.5 Å². The minimum atomic E-state index is -0.467. The summed E-state index contributed by atoms with van der Waals surface area (Å²) in [6.07, 6.45) is 1.75. The van der Waals surface area contributed by atoms with E-state index in [1.807, 2.05) is 13.0 Å². The van der Waals surface area contributed by atoms with Gasteiger partial charge in [-0.3, -0.25) is 9.69 Å². The SMILES string of the molecule is CCN1C(=O)/C(=C\c2ccc(OC(=O)c3ccccc3)c(OC)c2)SC1=S. The molecule has 0 N–H and O–H groups in total. The molecule has 1 heterocycles. The van der Waals surface area contributed by atoms with Gasteiger partial charge in [0.1, 0.15) is 4.32 Å². The molecule has 2 aromatic carbocycles. The molecule has 0 spiro atoms. The summed E-state index contributed by atoms with van der Waals surface area (Å²) in [6, 6.07) is 13.8. The van der Waals surface area contributed by atoms with Crippen molar-refractivity contribution in [3.05, 3.63) is 64.6 Å². The molecule has 7 heteroatoms. The number of ether oxygens (including phenoxy) is 2. The zero-order valence-corrected chi connectivity index (χ0v) is 16.4. The molecule has 1 saturated heterocycles. The Bertz CT molecular complexity index is 925. The lowest BCUT2D eigenvalue weighted by Crippen LogP contribution is -2.27. The number of likely N-dealkylation sites (N-methyl/N-ethyl adjacent to an activating group) is 1. The van der Waals surface area contributed by atoms with Crippen LogP contribution in [-0.2, 0) is 4.79 Å². The standard InChI is InChI=1S/C20H17NO4S2/c1-3-21-18(22)17(27-20(21)26)12-13-9-10-15(16(11-13)24-2)25-19(23)14-7-5-4-6-8-14/h4-12H,3H2,1-2H3/b17-12+. The molecule has 1 fully saturated rings. The highest BCUT2D eigenvalue weighted by atomic mass is 32.2. The Balaban J connectivity index is 1.83. The first-order valence-corrected chi connectivity index (χ1v) is 9.46. The van der Waals surface area contributed by atoms with Crippen molar-refractivity contribution in [3.63, 3.8) is 0 Å². The fourth-order valence-electron chi connectivity index (χ4n) is 2.52. The topological polar surface area (TPSA) is 55.8 Å². The Morgan fingerprint density at radius 2 is 1.93 bits per heavy atom. The number of methoxy groups -OCH3 is 1. The van der Waals surface area contributed by atoms with Crippen LogP contribution in [0, 0.1) is 0 Å². The Hall–Kier alpha value is -2.64. The van der Waals surface area contributed by atoms with Crippen LogP contribution in [0.4, 0.5) is 0 Å². The largest absolute Gasteiger partial charge is 0.493 e. The molecule has 0 saturated carbocycles. The van der Waals surface area contributed by atoms with E-state index in [1.165, 1.54) is 18.9 Å². The van der Waals surface area contributed by atoms with Gasteiger partial charge in [0, 0.05) is 6.54 Å². The molecular weight excluding hydrogens is 382 g/mol. The van der Waals surface area contributed by atoms with Crippen molar-refractivity contribution in [3.8, 4) is 11.5 Å². The van der Waals surface area contributed by atoms with Crippen LogP contribution in [0.25, 0.3) is 6.08 Å². The summed E-state index contributed by atoms with van der Waals surface area (Å²) in [5, 5.41) is 0. The van der Waals surface area contributed by atoms with Crippen LogP contribution in [0.2, 0.25) is 0 Å². The number of nitrogens with zero attached hydrogens (tertiary/aromatic N) is 1. The van der Waals surface area contributed by atoms with E-state index in [0.717, 1.165) is 5.56 Å². The van der Waals surface area contributed by atoms with E-state index >= 15 is 0 Å². The Morgan fingerprint density at radius 1 is 1.19 bits per heavy atom. The molecule has 0 atom stereocenters. The van der Waals surface area contributed by atoms with E-state index in [1.54, 1.807) is 53.4 Å². The average Bonchev–Trinajstić information content (AvgIpc) is 2.96. The van der Waals surface area contributed by atoms with Crippen LogP contribution in [0.5, 0.6) is 11.5 Å². The lowest BCUT2D eigenvalue weighted by molar-refractivity contribution is -0.121. The lowest BCUT2D eigenvalue weighted by Gasteiger charge is -2.10. The third-order valence-corrected chi connectivity index (χ3v) is 5.27. The molecule has 1 aliphatic rings. The van der Waals surface area contributed by atoms with Crippen molar-refractivity contribution in [1.29, 1.82) is 0 Å². The van der Waals surface area contributed by atoms with E-state index in [9.17, 15) is 9.59 Å². The Kier molecular flexibility index (Phi) is 5.93. The van der Waals surface area contributed by atoms with Crippen molar-refractivity contribution in [2.45, 2.75) is 6.92 Å². The molecule has 0 aliphatic carbocycles. The van der Waals surface area contributed by atoms with E-state index in [-0.39, 0.29) is 5.91 Å². The normalized spacial score (nSPS) is 15.3. The van der Waals surface area contributed by atoms with E-state index in [2.05, 4.69) is 0 Å². The second-order valence-corrected chi connectivity index (χ2v) is 7.27. The van der Waals surface area contributed by atoms with E-state index in [0.29, 0.717) is 32.8 Å². The second kappa shape index (κ2) is 8.37. The molecule has 0 aromatic heterocycles. The first kappa shape index (κ1) is 19.1. The number of thioether (sulfide) groups is 1. The van der Waals surface area contributed by atoms with Crippen molar-refractivity contribution in [1.82, 2.24) is 4.90 Å². The van der Waals surface area contributed by atoms with E-state index in [4.69, 9.17) is 21.7 Å². The zero-order valence-electron chi connectivity index (χ0n) is 14.8. The zero-order chi connectivity index (χ0) is 19.4. The Labute approximate surface area is 167 Å². The maximum atomic E-state index is 12.3. The number of amides is 1. The van der Waals surface area contributed by atoms with Crippen LogP contribution in [0.15, 0.2) is 53.4 Å². The summed E-state index contributed by atoms with van der Waals surface area (Å²) in [5.74, 6) is 0.139. The van der Waals surface area contributed by atoms with Crippen LogP contribution in [0.3, 0.4) is 0 Å². The second-order valence-electron chi connectivity index (χ2n) is 5.59. The van der Waals surface area contributed by atoms with Gasteiger partial charge in [0.05, 0.1) is 17.6 Å². The number of rotatable bonds is 5. The molecule has 1 aliphatic heterocycles. The van der Waals surface area contributed by atoms with E-state index < -0.39 is 5.97 Å². The number of thiocarbonyl (C=S) groups is 1. The van der Waals surface area contributed by atoms with Crippen LogP contribution < -0.4 is 9.47 Å². The summed E-state index contributed by atoms with van der Waals surface area (Å²) in [4.78, 5) is 26.7. The maximum Gasteiger partial charge on any atom is 0.343 e. The number of benzene rings is 2. The molecule has 1 amide bonds. The fourth-order valence-corrected chi connectivity index (χ4v) is 3.90. The first-order valence-electron chi connectivity index (χ1n) is 8.24. The summed E-state index contributed by atoms with van der Waals surface area (Å²) < 4.78 is 11.3.